The van der Waals surface area contributed by atoms with Crippen molar-refractivity contribution in [3.05, 3.63) is 0 Å². The molecule has 2 aliphatic rings. The maximum absolute atomic E-state index is 12.2. The summed E-state index contributed by atoms with van der Waals surface area (Å²) in [5, 5.41) is 12.4. The molecule has 0 aromatic rings. The lowest BCUT2D eigenvalue weighted by molar-refractivity contribution is -0.127. The molecule has 1 heterocycles. The van der Waals surface area contributed by atoms with E-state index in [0.29, 0.717) is 12.0 Å². The van der Waals surface area contributed by atoms with E-state index in [4.69, 9.17) is 0 Å². The summed E-state index contributed by atoms with van der Waals surface area (Å²) in [6.07, 6.45) is 6.94. The number of carbonyl (C=O) groups is 1. The number of nitrogens with zero attached hydrogens (tertiary/aromatic N) is 1. The lowest BCUT2D eigenvalue weighted by atomic mass is 9.97. The van der Waals surface area contributed by atoms with Crippen LogP contribution in [0.4, 0.5) is 0 Å². The van der Waals surface area contributed by atoms with Crippen molar-refractivity contribution in [2.45, 2.75) is 57.5 Å². The first-order chi connectivity index (χ1) is 8.70. The third kappa shape index (κ3) is 3.45. The zero-order chi connectivity index (χ0) is 13.0. The van der Waals surface area contributed by atoms with E-state index in [9.17, 15) is 9.90 Å². The van der Waals surface area contributed by atoms with Crippen molar-refractivity contribution in [2.24, 2.45) is 5.92 Å². The third-order valence-electron chi connectivity index (χ3n) is 4.44. The van der Waals surface area contributed by atoms with Gasteiger partial charge in [-0.2, -0.15) is 0 Å². The van der Waals surface area contributed by atoms with Crippen molar-refractivity contribution in [1.29, 1.82) is 0 Å². The molecule has 0 bridgehead atoms. The lowest BCUT2D eigenvalue weighted by Crippen LogP contribution is -2.51. The Kier molecular flexibility index (Phi) is 5.01. The van der Waals surface area contributed by atoms with Gasteiger partial charge in [0.25, 0.3) is 0 Å². The highest BCUT2D eigenvalue weighted by Crippen LogP contribution is 2.20. The van der Waals surface area contributed by atoms with E-state index in [1.807, 2.05) is 6.92 Å². The second kappa shape index (κ2) is 6.53. The van der Waals surface area contributed by atoms with Crippen LogP contribution in [-0.2, 0) is 4.79 Å². The van der Waals surface area contributed by atoms with Gasteiger partial charge in [-0.05, 0) is 45.1 Å². The van der Waals surface area contributed by atoms with Crippen LogP contribution in [0.3, 0.4) is 0 Å². The molecule has 104 valence electrons. The molecule has 4 heteroatoms. The maximum Gasteiger partial charge on any atom is 0.237 e. The molecular formula is C14H26N2O2. The molecule has 18 heavy (non-hydrogen) atoms. The second-order valence-electron chi connectivity index (χ2n) is 5.85. The van der Waals surface area contributed by atoms with Gasteiger partial charge >= 0.3 is 0 Å². The summed E-state index contributed by atoms with van der Waals surface area (Å²) in [5.41, 5.74) is 0. The molecule has 2 atom stereocenters. The van der Waals surface area contributed by atoms with Gasteiger partial charge in [-0.25, -0.2) is 0 Å². The summed E-state index contributed by atoms with van der Waals surface area (Å²) in [5.74, 6) is 0.515. The van der Waals surface area contributed by atoms with E-state index in [2.05, 4.69) is 10.2 Å². The van der Waals surface area contributed by atoms with Crippen LogP contribution in [0, 0.1) is 5.92 Å². The molecule has 0 aromatic heterocycles. The van der Waals surface area contributed by atoms with Gasteiger partial charge in [0, 0.05) is 19.2 Å². The molecule has 2 N–H and O–H groups in total. The SMILES string of the molecule is CC(C(=O)NC1CCCC1)N1CCCC(CO)C1. The minimum atomic E-state index is -0.0556. The van der Waals surface area contributed by atoms with E-state index in [0.717, 1.165) is 38.8 Å². The third-order valence-corrected chi connectivity index (χ3v) is 4.44. The van der Waals surface area contributed by atoms with Crippen molar-refractivity contribution in [3.8, 4) is 0 Å². The largest absolute Gasteiger partial charge is 0.396 e. The topological polar surface area (TPSA) is 52.6 Å². The number of hydrogen-bond acceptors (Lipinski definition) is 3. The Morgan fingerprint density at radius 3 is 2.72 bits per heavy atom. The van der Waals surface area contributed by atoms with Crippen molar-refractivity contribution in [3.63, 3.8) is 0 Å². The van der Waals surface area contributed by atoms with Crippen LogP contribution in [-0.4, -0.2) is 47.7 Å². The second-order valence-corrected chi connectivity index (χ2v) is 5.85. The maximum atomic E-state index is 12.2. The van der Waals surface area contributed by atoms with Crippen LogP contribution in [0.2, 0.25) is 0 Å². The zero-order valence-electron chi connectivity index (χ0n) is 11.4. The molecule has 2 unspecified atom stereocenters. The van der Waals surface area contributed by atoms with Gasteiger partial charge in [0.1, 0.15) is 0 Å². The number of likely N-dealkylation sites (tertiary alicyclic amines) is 1. The Balaban J connectivity index is 1.81. The van der Waals surface area contributed by atoms with Gasteiger partial charge in [-0.3, -0.25) is 9.69 Å². The minimum absolute atomic E-state index is 0.0556. The Bertz CT molecular complexity index is 277. The molecular weight excluding hydrogens is 228 g/mol. The van der Waals surface area contributed by atoms with Crippen LogP contribution in [0.1, 0.15) is 45.4 Å². The number of rotatable bonds is 4. The van der Waals surface area contributed by atoms with Gasteiger partial charge < -0.3 is 10.4 Å². The number of nitrogens with one attached hydrogen (secondary N) is 1. The molecule has 4 nitrogen and oxygen atoms in total. The van der Waals surface area contributed by atoms with Gasteiger partial charge in [0.15, 0.2) is 0 Å². The fraction of sp³-hybridized carbons (Fsp3) is 0.929. The Hall–Kier alpha value is -0.610. The molecule has 1 aliphatic carbocycles. The summed E-state index contributed by atoms with van der Waals surface area (Å²) in [4.78, 5) is 14.4. The van der Waals surface area contributed by atoms with Gasteiger partial charge in [-0.1, -0.05) is 12.8 Å². The van der Waals surface area contributed by atoms with Crippen LogP contribution in [0.5, 0.6) is 0 Å². The molecule has 1 aliphatic heterocycles. The Morgan fingerprint density at radius 1 is 1.33 bits per heavy atom. The molecule has 0 radical (unpaired) electrons. The highest BCUT2D eigenvalue weighted by atomic mass is 16.3. The average Bonchev–Trinajstić information content (AvgIpc) is 2.90. The number of piperidine rings is 1. The first-order valence-corrected chi connectivity index (χ1v) is 7.36. The molecule has 1 saturated heterocycles. The number of amides is 1. The van der Waals surface area contributed by atoms with Crippen molar-refractivity contribution >= 4 is 5.91 Å². The van der Waals surface area contributed by atoms with Gasteiger partial charge in [0.2, 0.25) is 5.91 Å². The molecule has 1 saturated carbocycles. The molecule has 2 rings (SSSR count). The summed E-state index contributed by atoms with van der Waals surface area (Å²) in [6.45, 7) is 4.07. The average molecular weight is 254 g/mol. The first-order valence-electron chi connectivity index (χ1n) is 7.36. The van der Waals surface area contributed by atoms with Crippen LogP contribution < -0.4 is 5.32 Å². The van der Waals surface area contributed by atoms with E-state index < -0.39 is 0 Å². The highest BCUT2D eigenvalue weighted by Gasteiger charge is 2.28. The summed E-state index contributed by atoms with van der Waals surface area (Å²) < 4.78 is 0. The minimum Gasteiger partial charge on any atom is -0.396 e. The van der Waals surface area contributed by atoms with Gasteiger partial charge in [-0.15, -0.1) is 0 Å². The summed E-state index contributed by atoms with van der Waals surface area (Å²) in [6, 6.07) is 0.346. The summed E-state index contributed by atoms with van der Waals surface area (Å²) in [7, 11) is 0. The molecule has 2 fully saturated rings. The fourth-order valence-corrected chi connectivity index (χ4v) is 3.16. The van der Waals surface area contributed by atoms with Gasteiger partial charge in [0.05, 0.1) is 6.04 Å². The Morgan fingerprint density at radius 2 is 2.06 bits per heavy atom. The van der Waals surface area contributed by atoms with Crippen molar-refractivity contribution in [1.82, 2.24) is 10.2 Å². The fourth-order valence-electron chi connectivity index (χ4n) is 3.16. The zero-order valence-corrected chi connectivity index (χ0v) is 11.4. The monoisotopic (exact) mass is 254 g/mol. The number of carbonyl (C=O) groups excluding carboxylic acids is 1. The normalized spacial score (nSPS) is 28.2. The van der Waals surface area contributed by atoms with Crippen LogP contribution in [0.15, 0.2) is 0 Å². The standard InChI is InChI=1S/C14H26N2O2/c1-11(14(18)15-13-6-2-3-7-13)16-8-4-5-12(9-16)10-17/h11-13,17H,2-10H2,1H3,(H,15,18). The predicted molar refractivity (Wildman–Crippen MR) is 71.2 cm³/mol. The lowest BCUT2D eigenvalue weighted by Gasteiger charge is -2.35. The smallest absolute Gasteiger partial charge is 0.237 e. The molecule has 0 aromatic carbocycles. The summed E-state index contributed by atoms with van der Waals surface area (Å²) >= 11 is 0. The number of hydrogen-bond donors (Lipinski definition) is 2. The highest BCUT2D eigenvalue weighted by molar-refractivity contribution is 5.81. The van der Waals surface area contributed by atoms with E-state index in [-0.39, 0.29) is 18.6 Å². The van der Waals surface area contributed by atoms with Crippen LogP contribution >= 0.6 is 0 Å². The van der Waals surface area contributed by atoms with Crippen molar-refractivity contribution in [2.75, 3.05) is 19.7 Å². The van der Waals surface area contributed by atoms with E-state index >= 15 is 0 Å². The van der Waals surface area contributed by atoms with E-state index in [1.54, 1.807) is 0 Å². The molecule has 1 amide bonds. The molecule has 0 spiro atoms. The van der Waals surface area contributed by atoms with Crippen LogP contribution in [0.25, 0.3) is 0 Å². The number of aliphatic hydroxyl groups excluding tert-OH is 1. The first kappa shape index (κ1) is 13.8. The van der Waals surface area contributed by atoms with E-state index in [1.165, 1.54) is 12.8 Å². The predicted octanol–water partition coefficient (Wildman–Crippen LogP) is 1.14. The Labute approximate surface area is 110 Å². The number of aliphatic hydroxyl groups is 1. The van der Waals surface area contributed by atoms with Crippen molar-refractivity contribution < 1.29 is 9.90 Å². The quantitative estimate of drug-likeness (QED) is 0.791.